The predicted octanol–water partition coefficient (Wildman–Crippen LogP) is 7.03. The lowest BCUT2D eigenvalue weighted by molar-refractivity contribution is -0.140. The summed E-state index contributed by atoms with van der Waals surface area (Å²) in [4.78, 5) is 46.7. The predicted molar refractivity (Wildman–Crippen MR) is 158 cm³/mol. The minimum atomic E-state index is -4.64. The number of nitrogens with one attached hydrogen (secondary N) is 2. The first-order valence-electron chi connectivity index (χ1n) is 14.0. The van der Waals surface area contributed by atoms with E-state index in [0.29, 0.717) is 23.2 Å². The maximum Gasteiger partial charge on any atom is 0.434 e. The second kappa shape index (κ2) is 12.5. The van der Waals surface area contributed by atoms with Crippen molar-refractivity contribution in [3.63, 3.8) is 0 Å². The standard InChI is InChI=1S/C30H30F3N5O4S/c1-3-34-29(41)37-25-13-19(27-36-24(16-43-27)30(31,32)33)21(14-35-25)17-10-11-23-20(12-17)26(39)22(28(40)42-4-2)15-38(23)18-8-6-5-7-9-18/h10-16,18H,3-9H2,1-2H3,(H2,34,35,37,41). The number of halogens is 3. The van der Waals surface area contributed by atoms with Gasteiger partial charge in [0.1, 0.15) is 16.4 Å². The van der Waals surface area contributed by atoms with Crippen molar-refractivity contribution in [3.05, 3.63) is 63.5 Å². The number of alkyl halides is 3. The van der Waals surface area contributed by atoms with Crippen LogP contribution in [0.2, 0.25) is 0 Å². The molecular weight excluding hydrogens is 583 g/mol. The third-order valence-corrected chi connectivity index (χ3v) is 8.19. The van der Waals surface area contributed by atoms with Crippen LogP contribution in [0.1, 0.15) is 68.0 Å². The van der Waals surface area contributed by atoms with Crippen molar-refractivity contribution in [2.24, 2.45) is 0 Å². The summed E-state index contributed by atoms with van der Waals surface area (Å²) >= 11 is 0.802. The molecule has 3 aromatic heterocycles. The van der Waals surface area contributed by atoms with E-state index in [4.69, 9.17) is 4.74 Å². The van der Waals surface area contributed by atoms with Gasteiger partial charge < -0.3 is 14.6 Å². The molecule has 4 aromatic rings. The zero-order chi connectivity index (χ0) is 30.7. The van der Waals surface area contributed by atoms with Gasteiger partial charge in [-0.3, -0.25) is 10.1 Å². The first-order chi connectivity index (χ1) is 20.6. The highest BCUT2D eigenvalue weighted by Crippen LogP contribution is 2.39. The number of anilines is 1. The lowest BCUT2D eigenvalue weighted by atomic mass is 9.94. The molecule has 9 nitrogen and oxygen atoms in total. The molecule has 0 saturated heterocycles. The van der Waals surface area contributed by atoms with Crippen LogP contribution in [0, 0.1) is 0 Å². The van der Waals surface area contributed by atoms with E-state index in [1.807, 2.05) is 4.57 Å². The lowest BCUT2D eigenvalue weighted by Gasteiger charge is -2.27. The molecule has 5 rings (SSSR count). The molecule has 1 saturated carbocycles. The molecular formula is C30H30F3N5O4S. The maximum absolute atomic E-state index is 13.6. The summed E-state index contributed by atoms with van der Waals surface area (Å²) in [6.07, 6.45) is 3.36. The fourth-order valence-corrected chi connectivity index (χ4v) is 6.17. The summed E-state index contributed by atoms with van der Waals surface area (Å²) in [5.74, 6) is -0.603. The van der Waals surface area contributed by atoms with Gasteiger partial charge >= 0.3 is 18.2 Å². The molecule has 0 spiro atoms. The minimum Gasteiger partial charge on any atom is -0.462 e. The zero-order valence-corrected chi connectivity index (χ0v) is 24.4. The molecule has 1 aromatic carbocycles. The highest BCUT2D eigenvalue weighted by Gasteiger charge is 2.34. The number of nitrogens with zero attached hydrogens (tertiary/aromatic N) is 3. The van der Waals surface area contributed by atoms with Crippen molar-refractivity contribution in [2.45, 2.75) is 58.2 Å². The smallest absolute Gasteiger partial charge is 0.434 e. The van der Waals surface area contributed by atoms with Crippen LogP contribution in [0.5, 0.6) is 0 Å². The summed E-state index contributed by atoms with van der Waals surface area (Å²) < 4.78 is 47.5. The Balaban J connectivity index is 1.69. The Morgan fingerprint density at radius 3 is 2.56 bits per heavy atom. The third-order valence-electron chi connectivity index (χ3n) is 7.31. The Kier molecular flexibility index (Phi) is 8.81. The SMILES string of the molecule is CCNC(=O)Nc1cc(-c2nc(C(F)(F)F)cs2)c(-c2ccc3c(c2)c(=O)c(C(=O)OCC)cn3C2CCCCC2)cn1. The average Bonchev–Trinajstić information content (AvgIpc) is 3.49. The second-order valence-electron chi connectivity index (χ2n) is 10.2. The number of ether oxygens (including phenoxy) is 1. The first kappa shape index (κ1) is 30.2. The second-order valence-corrected chi connectivity index (χ2v) is 11.0. The van der Waals surface area contributed by atoms with Crippen molar-refractivity contribution < 1.29 is 27.5 Å². The number of rotatable bonds is 7. The number of hydrogen-bond donors (Lipinski definition) is 2. The fraction of sp³-hybridized carbons (Fsp3) is 0.367. The van der Waals surface area contributed by atoms with Gasteiger partial charge in [0, 0.05) is 46.9 Å². The van der Waals surface area contributed by atoms with Gasteiger partial charge in [-0.2, -0.15) is 13.2 Å². The molecule has 0 unspecified atom stereocenters. The maximum atomic E-state index is 13.6. The summed E-state index contributed by atoms with van der Waals surface area (Å²) in [6.45, 7) is 3.88. The van der Waals surface area contributed by atoms with E-state index in [9.17, 15) is 27.6 Å². The Morgan fingerprint density at radius 2 is 1.88 bits per heavy atom. The van der Waals surface area contributed by atoms with Crippen molar-refractivity contribution >= 4 is 40.1 Å². The number of esters is 1. The molecule has 1 aliphatic carbocycles. The molecule has 13 heteroatoms. The topological polar surface area (TPSA) is 115 Å². The number of thiazole rings is 1. The van der Waals surface area contributed by atoms with E-state index < -0.39 is 29.3 Å². The number of amides is 2. The van der Waals surface area contributed by atoms with Gasteiger partial charge in [-0.1, -0.05) is 25.3 Å². The van der Waals surface area contributed by atoms with E-state index in [0.717, 1.165) is 48.8 Å². The number of benzene rings is 1. The van der Waals surface area contributed by atoms with Crippen molar-refractivity contribution in [3.8, 4) is 21.7 Å². The van der Waals surface area contributed by atoms with Gasteiger partial charge in [0.05, 0.1) is 12.1 Å². The zero-order valence-electron chi connectivity index (χ0n) is 23.6. The molecule has 226 valence electrons. The fourth-order valence-electron chi connectivity index (χ4n) is 5.32. The van der Waals surface area contributed by atoms with Gasteiger partial charge in [0.2, 0.25) is 5.43 Å². The summed E-state index contributed by atoms with van der Waals surface area (Å²) in [7, 11) is 0. The number of fused-ring (bicyclic) bond motifs is 1. The summed E-state index contributed by atoms with van der Waals surface area (Å²) in [5, 5.41) is 6.41. The van der Waals surface area contributed by atoms with E-state index in [-0.39, 0.29) is 40.0 Å². The Labute approximate surface area is 249 Å². The first-order valence-corrected chi connectivity index (χ1v) is 14.9. The van der Waals surface area contributed by atoms with Crippen LogP contribution in [0.4, 0.5) is 23.8 Å². The Bertz CT molecular complexity index is 1730. The quantitative estimate of drug-likeness (QED) is 0.216. The van der Waals surface area contributed by atoms with Crippen LogP contribution in [0.15, 0.2) is 46.8 Å². The van der Waals surface area contributed by atoms with Crippen LogP contribution in [-0.2, 0) is 10.9 Å². The van der Waals surface area contributed by atoms with E-state index in [2.05, 4.69) is 20.6 Å². The summed E-state index contributed by atoms with van der Waals surface area (Å²) in [6, 6.07) is 6.19. The van der Waals surface area contributed by atoms with Crippen LogP contribution < -0.4 is 16.1 Å². The van der Waals surface area contributed by atoms with Gasteiger partial charge in [0.15, 0.2) is 5.69 Å². The van der Waals surface area contributed by atoms with Crippen LogP contribution in [0.3, 0.4) is 0 Å². The number of carbonyl (C=O) groups is 2. The molecule has 2 amide bonds. The molecule has 0 bridgehead atoms. The van der Waals surface area contributed by atoms with Crippen LogP contribution in [-0.4, -0.2) is 39.7 Å². The van der Waals surface area contributed by atoms with Gasteiger partial charge in [-0.15, -0.1) is 11.3 Å². The molecule has 2 N–H and O–H groups in total. The molecule has 1 aliphatic rings. The molecule has 43 heavy (non-hydrogen) atoms. The average molecular weight is 614 g/mol. The van der Waals surface area contributed by atoms with E-state index >= 15 is 0 Å². The van der Waals surface area contributed by atoms with Gasteiger partial charge in [0.25, 0.3) is 0 Å². The lowest BCUT2D eigenvalue weighted by Crippen LogP contribution is -2.28. The highest BCUT2D eigenvalue weighted by molar-refractivity contribution is 7.13. The van der Waals surface area contributed by atoms with Crippen LogP contribution in [0.25, 0.3) is 32.6 Å². The van der Waals surface area contributed by atoms with Gasteiger partial charge in [-0.25, -0.2) is 19.6 Å². The molecule has 0 aliphatic heterocycles. The number of urea groups is 1. The van der Waals surface area contributed by atoms with E-state index in [1.165, 1.54) is 12.3 Å². The molecule has 0 radical (unpaired) electrons. The largest absolute Gasteiger partial charge is 0.462 e. The van der Waals surface area contributed by atoms with Crippen LogP contribution >= 0.6 is 11.3 Å². The minimum absolute atomic E-state index is 0.0589. The van der Waals surface area contributed by atoms with Crippen molar-refractivity contribution in [1.82, 2.24) is 19.9 Å². The molecule has 3 heterocycles. The van der Waals surface area contributed by atoms with Crippen molar-refractivity contribution in [1.29, 1.82) is 0 Å². The third kappa shape index (κ3) is 6.41. The highest BCUT2D eigenvalue weighted by atomic mass is 32.1. The van der Waals surface area contributed by atoms with Crippen molar-refractivity contribution in [2.75, 3.05) is 18.5 Å². The number of carbonyl (C=O) groups excluding carboxylic acids is 2. The normalized spacial score (nSPS) is 14.1. The number of pyridine rings is 2. The molecule has 1 fully saturated rings. The number of aromatic nitrogens is 3. The Hall–Kier alpha value is -4.26. The monoisotopic (exact) mass is 613 g/mol. The Morgan fingerprint density at radius 1 is 1.12 bits per heavy atom. The van der Waals surface area contributed by atoms with E-state index in [1.54, 1.807) is 38.2 Å². The molecule has 0 atom stereocenters. The summed E-state index contributed by atoms with van der Waals surface area (Å²) in [5.41, 5.74) is 0.198. The van der Waals surface area contributed by atoms with Gasteiger partial charge in [-0.05, 0) is 50.5 Å². The number of hydrogen-bond acceptors (Lipinski definition) is 7.